The van der Waals surface area contributed by atoms with Crippen LogP contribution in [-0.4, -0.2) is 4.57 Å². The van der Waals surface area contributed by atoms with Gasteiger partial charge >= 0.3 is 0 Å². The van der Waals surface area contributed by atoms with Crippen molar-refractivity contribution in [2.24, 2.45) is 0 Å². The van der Waals surface area contributed by atoms with Crippen LogP contribution in [0.4, 0.5) is 17.1 Å². The molecule has 10 rings (SSSR count). The van der Waals surface area contributed by atoms with E-state index in [4.69, 9.17) is 0 Å². The van der Waals surface area contributed by atoms with E-state index >= 15 is 0 Å². The molecule has 0 amide bonds. The highest BCUT2D eigenvalue weighted by molar-refractivity contribution is 7.26. The van der Waals surface area contributed by atoms with Crippen LogP contribution in [0, 0.1) is 0 Å². The lowest BCUT2D eigenvalue weighted by molar-refractivity contribution is 1.17. The summed E-state index contributed by atoms with van der Waals surface area (Å²) in [7, 11) is 0. The van der Waals surface area contributed by atoms with Gasteiger partial charge in [0.15, 0.2) is 0 Å². The molecule has 0 atom stereocenters. The molecule has 0 fully saturated rings. The number of hydrogen-bond donors (Lipinski definition) is 0. The number of thiophene rings is 1. The molecule has 0 bridgehead atoms. The van der Waals surface area contributed by atoms with Crippen molar-refractivity contribution in [1.29, 1.82) is 0 Å². The quantitative estimate of drug-likeness (QED) is 0.181. The van der Waals surface area contributed by atoms with Gasteiger partial charge in [-0.1, -0.05) is 127 Å². The van der Waals surface area contributed by atoms with Crippen LogP contribution in [0.3, 0.4) is 0 Å². The Morgan fingerprint density at radius 1 is 0.388 bits per heavy atom. The second-order valence-electron chi connectivity index (χ2n) is 12.5. The maximum absolute atomic E-state index is 2.44. The van der Waals surface area contributed by atoms with Crippen molar-refractivity contribution >= 4 is 81.1 Å². The summed E-state index contributed by atoms with van der Waals surface area (Å²) in [5.41, 5.74) is 9.43. The minimum atomic E-state index is 1.11. The van der Waals surface area contributed by atoms with Crippen molar-refractivity contribution in [2.45, 2.75) is 0 Å². The van der Waals surface area contributed by atoms with Crippen LogP contribution in [0.25, 0.3) is 69.6 Å². The van der Waals surface area contributed by atoms with Gasteiger partial charge in [-0.15, -0.1) is 11.3 Å². The van der Waals surface area contributed by atoms with Gasteiger partial charge in [-0.2, -0.15) is 0 Å². The molecule has 0 aliphatic carbocycles. The van der Waals surface area contributed by atoms with E-state index in [2.05, 4.69) is 191 Å². The first-order valence-corrected chi connectivity index (χ1v) is 17.5. The average Bonchev–Trinajstić information content (AvgIpc) is 3.72. The first-order chi connectivity index (χ1) is 24.3. The summed E-state index contributed by atoms with van der Waals surface area (Å²) in [6.45, 7) is 0. The van der Waals surface area contributed by atoms with Crippen LogP contribution in [0.1, 0.15) is 0 Å². The van der Waals surface area contributed by atoms with Crippen LogP contribution in [-0.2, 0) is 0 Å². The number of aromatic nitrogens is 1. The van der Waals surface area contributed by atoms with Gasteiger partial charge in [-0.3, -0.25) is 0 Å². The second-order valence-corrected chi connectivity index (χ2v) is 13.6. The molecular formula is C46H30N2S. The minimum Gasteiger partial charge on any atom is -0.309 e. The van der Waals surface area contributed by atoms with Gasteiger partial charge < -0.3 is 9.47 Å². The van der Waals surface area contributed by atoms with Crippen LogP contribution in [0.15, 0.2) is 182 Å². The molecule has 49 heavy (non-hydrogen) atoms. The molecular weight excluding hydrogens is 613 g/mol. The maximum Gasteiger partial charge on any atom is 0.0541 e. The Morgan fingerprint density at radius 3 is 1.73 bits per heavy atom. The molecule has 8 aromatic carbocycles. The molecule has 0 radical (unpaired) electrons. The van der Waals surface area contributed by atoms with E-state index in [1.54, 1.807) is 0 Å². The lowest BCUT2D eigenvalue weighted by Gasteiger charge is -2.29. The third-order valence-electron chi connectivity index (χ3n) is 9.79. The van der Waals surface area contributed by atoms with E-state index in [9.17, 15) is 0 Å². The van der Waals surface area contributed by atoms with Crippen molar-refractivity contribution in [3.8, 4) is 16.8 Å². The monoisotopic (exact) mass is 642 g/mol. The SMILES string of the molecule is c1ccc(N(c2ccc(-n3c4ccccc4c4ccccc43)cc2)c2cccc3ccccc23)c(-c2cccc3c2sc2ccccc23)c1. The lowest BCUT2D eigenvalue weighted by Crippen LogP contribution is -2.12. The molecule has 0 unspecified atom stereocenters. The number of hydrogen-bond acceptors (Lipinski definition) is 2. The van der Waals surface area contributed by atoms with E-state index in [0.717, 1.165) is 22.7 Å². The Bertz CT molecular complexity index is 2780. The Balaban J connectivity index is 1.20. The number of para-hydroxylation sites is 3. The van der Waals surface area contributed by atoms with Gasteiger partial charge in [0, 0.05) is 58.8 Å². The fraction of sp³-hybridized carbons (Fsp3) is 0. The third-order valence-corrected chi connectivity index (χ3v) is 11.0. The highest BCUT2D eigenvalue weighted by atomic mass is 32.1. The summed E-state index contributed by atoms with van der Waals surface area (Å²) in [5, 5.41) is 7.59. The van der Waals surface area contributed by atoms with Crippen LogP contribution < -0.4 is 4.90 Å². The molecule has 3 heteroatoms. The van der Waals surface area contributed by atoms with E-state index in [0.29, 0.717) is 0 Å². The van der Waals surface area contributed by atoms with Gasteiger partial charge in [0.1, 0.15) is 0 Å². The Labute approximate surface area is 288 Å². The number of fused-ring (bicyclic) bond motifs is 7. The molecule has 230 valence electrons. The molecule has 0 aliphatic heterocycles. The van der Waals surface area contributed by atoms with Gasteiger partial charge in [-0.05, 0) is 60.0 Å². The molecule has 2 aromatic heterocycles. The summed E-state index contributed by atoms with van der Waals surface area (Å²) >= 11 is 1.88. The van der Waals surface area contributed by atoms with E-state index in [-0.39, 0.29) is 0 Å². The van der Waals surface area contributed by atoms with Gasteiger partial charge in [0.25, 0.3) is 0 Å². The van der Waals surface area contributed by atoms with Crippen LogP contribution >= 0.6 is 11.3 Å². The van der Waals surface area contributed by atoms with Gasteiger partial charge in [0.2, 0.25) is 0 Å². The molecule has 2 heterocycles. The van der Waals surface area contributed by atoms with Crippen molar-refractivity contribution in [3.05, 3.63) is 182 Å². The summed E-state index contributed by atoms with van der Waals surface area (Å²) < 4.78 is 5.01. The van der Waals surface area contributed by atoms with Crippen molar-refractivity contribution < 1.29 is 0 Å². The normalized spacial score (nSPS) is 11.7. The summed E-state index contributed by atoms with van der Waals surface area (Å²) in [4.78, 5) is 2.44. The third kappa shape index (κ3) is 4.40. The smallest absolute Gasteiger partial charge is 0.0541 e. The molecule has 0 saturated heterocycles. The van der Waals surface area contributed by atoms with Gasteiger partial charge in [-0.25, -0.2) is 0 Å². The number of anilines is 3. The average molecular weight is 643 g/mol. The number of benzene rings is 8. The minimum absolute atomic E-state index is 1.11. The van der Waals surface area contributed by atoms with Crippen LogP contribution in [0.2, 0.25) is 0 Å². The van der Waals surface area contributed by atoms with Crippen molar-refractivity contribution in [1.82, 2.24) is 4.57 Å². The standard InChI is InChI=1S/C46H30N2S/c1-2-15-34-31(13-1)14-11-25-41(34)47(32-27-29-33(30-28-32)48-42-22-7-3-16-35(42)36-17-4-8-23-43(36)48)44-24-9-5-18-37(44)39-20-12-21-40-38-19-6-10-26-45(38)49-46(39)40/h1-30H. The van der Waals surface area contributed by atoms with E-state index in [1.807, 2.05) is 11.3 Å². The maximum atomic E-state index is 2.44. The number of rotatable bonds is 5. The molecule has 0 saturated carbocycles. The fourth-order valence-corrected chi connectivity index (χ4v) is 8.85. The highest BCUT2D eigenvalue weighted by Gasteiger charge is 2.21. The van der Waals surface area contributed by atoms with Crippen molar-refractivity contribution in [3.63, 3.8) is 0 Å². The summed E-state index contributed by atoms with van der Waals surface area (Å²) in [6.07, 6.45) is 0. The lowest BCUT2D eigenvalue weighted by atomic mass is 9.99. The Hall–Kier alpha value is -6.16. The second kappa shape index (κ2) is 11.2. The molecule has 2 nitrogen and oxygen atoms in total. The topological polar surface area (TPSA) is 8.17 Å². The first kappa shape index (κ1) is 27.9. The Kier molecular flexibility index (Phi) is 6.39. The van der Waals surface area contributed by atoms with Crippen LogP contribution in [0.5, 0.6) is 0 Å². The highest BCUT2D eigenvalue weighted by Crippen LogP contribution is 2.47. The van der Waals surface area contributed by atoms with E-state index < -0.39 is 0 Å². The molecule has 0 spiro atoms. The van der Waals surface area contributed by atoms with Gasteiger partial charge in [0.05, 0.1) is 22.4 Å². The molecule has 0 N–H and O–H groups in total. The Morgan fingerprint density at radius 2 is 0.939 bits per heavy atom. The first-order valence-electron chi connectivity index (χ1n) is 16.7. The molecule has 0 aliphatic rings. The van der Waals surface area contributed by atoms with E-state index in [1.165, 1.54) is 63.9 Å². The van der Waals surface area contributed by atoms with Crippen molar-refractivity contribution in [2.75, 3.05) is 4.90 Å². The summed E-state index contributed by atoms with van der Waals surface area (Å²) in [6, 6.07) is 66.1. The summed E-state index contributed by atoms with van der Waals surface area (Å²) in [5.74, 6) is 0. The largest absolute Gasteiger partial charge is 0.309 e. The zero-order valence-electron chi connectivity index (χ0n) is 26.6. The predicted molar refractivity (Wildman–Crippen MR) is 211 cm³/mol. The predicted octanol–water partition coefficient (Wildman–Crippen LogP) is 13.4. The molecule has 10 aromatic rings. The zero-order chi connectivity index (χ0) is 32.3. The fourth-order valence-electron chi connectivity index (χ4n) is 7.62. The number of nitrogens with zero attached hydrogens (tertiary/aromatic N) is 2. The zero-order valence-corrected chi connectivity index (χ0v) is 27.4.